The average Bonchev–Trinajstić information content (AvgIpc) is 2.75. The lowest BCUT2D eigenvalue weighted by Gasteiger charge is -2.24. The number of nitrogens with two attached hydrogens (primary N) is 1. The maximum Gasteiger partial charge on any atom is 0.328 e. The van der Waals surface area contributed by atoms with Gasteiger partial charge in [0, 0.05) is 12.2 Å². The highest BCUT2D eigenvalue weighted by atomic mass is 32.1. The number of hydrogen-bond acceptors (Lipinski definition) is 8. The van der Waals surface area contributed by atoms with Gasteiger partial charge >= 0.3 is 5.97 Å². The molecule has 4 unspecified atom stereocenters. The molecule has 8 N–H and O–H groups in total. The highest BCUT2D eigenvalue weighted by molar-refractivity contribution is 7.80. The van der Waals surface area contributed by atoms with Gasteiger partial charge < -0.3 is 37.0 Å². The van der Waals surface area contributed by atoms with Crippen molar-refractivity contribution in [1.29, 1.82) is 0 Å². The highest BCUT2D eigenvalue weighted by Crippen LogP contribution is 2.12. The largest absolute Gasteiger partial charge is 0.508 e. The van der Waals surface area contributed by atoms with Crippen LogP contribution in [0.3, 0.4) is 0 Å². The number of nitrogens with one attached hydrogen (secondary N) is 3. The van der Waals surface area contributed by atoms with Crippen LogP contribution in [-0.2, 0) is 25.6 Å². The first-order valence-corrected chi connectivity index (χ1v) is 11.0. The van der Waals surface area contributed by atoms with Crippen LogP contribution in [0.5, 0.6) is 5.75 Å². The van der Waals surface area contributed by atoms with Crippen molar-refractivity contribution in [3.8, 4) is 5.75 Å². The van der Waals surface area contributed by atoms with Gasteiger partial charge in [-0.05, 0) is 30.0 Å². The second kappa shape index (κ2) is 13.7. The van der Waals surface area contributed by atoms with Gasteiger partial charge in [0.25, 0.3) is 0 Å². The minimum atomic E-state index is -1.56. The van der Waals surface area contributed by atoms with Crippen molar-refractivity contribution < 1.29 is 34.5 Å². The van der Waals surface area contributed by atoms with E-state index >= 15 is 0 Å². The third-order valence-electron chi connectivity index (χ3n) is 4.68. The van der Waals surface area contributed by atoms with Crippen LogP contribution in [0.4, 0.5) is 0 Å². The second-order valence-electron chi connectivity index (χ2n) is 7.99. The summed E-state index contributed by atoms with van der Waals surface area (Å²) in [4.78, 5) is 49.0. The predicted molar refractivity (Wildman–Crippen MR) is 124 cm³/mol. The Bertz CT molecular complexity index is 819. The smallest absolute Gasteiger partial charge is 0.328 e. The molecule has 0 heterocycles. The zero-order valence-corrected chi connectivity index (χ0v) is 19.4. The van der Waals surface area contributed by atoms with Crippen LogP contribution in [0, 0.1) is 5.92 Å². The van der Waals surface area contributed by atoms with Crippen LogP contribution >= 0.6 is 12.6 Å². The zero-order valence-electron chi connectivity index (χ0n) is 18.5. The predicted octanol–water partition coefficient (Wildman–Crippen LogP) is -1.23. The summed E-state index contributed by atoms with van der Waals surface area (Å²) >= 11 is 4.09. The van der Waals surface area contributed by atoms with E-state index < -0.39 is 54.5 Å². The molecule has 0 saturated heterocycles. The number of carboxylic acids is 1. The van der Waals surface area contributed by atoms with E-state index in [2.05, 4.69) is 28.6 Å². The van der Waals surface area contributed by atoms with E-state index in [-0.39, 0.29) is 23.8 Å². The first kappa shape index (κ1) is 28.2. The fourth-order valence-corrected chi connectivity index (χ4v) is 3.15. The van der Waals surface area contributed by atoms with Crippen molar-refractivity contribution in [3.63, 3.8) is 0 Å². The van der Waals surface area contributed by atoms with E-state index in [4.69, 9.17) is 10.8 Å². The molecule has 1 aromatic rings. The number of rotatable bonds is 13. The van der Waals surface area contributed by atoms with Crippen LogP contribution in [0.15, 0.2) is 24.3 Å². The molecule has 0 spiro atoms. The number of amides is 3. The number of carbonyl (C=O) groups is 4. The van der Waals surface area contributed by atoms with Crippen LogP contribution in [0.25, 0.3) is 0 Å². The highest BCUT2D eigenvalue weighted by Gasteiger charge is 2.30. The quantitative estimate of drug-likeness (QED) is 0.160. The number of phenolic OH excluding ortho intramolecular Hbond substituents is 1. The van der Waals surface area contributed by atoms with Crippen molar-refractivity contribution in [2.45, 2.75) is 50.9 Å². The first-order chi connectivity index (χ1) is 15.5. The monoisotopic (exact) mass is 484 g/mol. The summed E-state index contributed by atoms with van der Waals surface area (Å²) in [5.41, 5.74) is 6.42. The topological polar surface area (TPSA) is 191 Å². The normalized spacial score (nSPS) is 14.6. The summed E-state index contributed by atoms with van der Waals surface area (Å²) in [7, 11) is 0. The third-order valence-corrected chi connectivity index (χ3v) is 5.05. The van der Waals surface area contributed by atoms with Gasteiger partial charge in [0.05, 0.1) is 12.6 Å². The van der Waals surface area contributed by atoms with Crippen molar-refractivity contribution in [1.82, 2.24) is 16.0 Å². The molecule has 3 amide bonds. The lowest BCUT2D eigenvalue weighted by atomic mass is 10.0. The summed E-state index contributed by atoms with van der Waals surface area (Å²) in [5, 5.41) is 34.9. The van der Waals surface area contributed by atoms with Crippen LogP contribution in [-0.4, -0.2) is 75.5 Å². The molecule has 0 aromatic heterocycles. The lowest BCUT2D eigenvalue weighted by molar-refractivity contribution is -0.143. The molecule has 12 heteroatoms. The summed E-state index contributed by atoms with van der Waals surface area (Å²) in [5.74, 6) is -3.45. The number of aliphatic hydroxyl groups is 1. The number of phenols is 1. The van der Waals surface area contributed by atoms with Crippen molar-refractivity contribution in [2.24, 2.45) is 11.7 Å². The van der Waals surface area contributed by atoms with Crippen molar-refractivity contribution in [3.05, 3.63) is 29.8 Å². The molecule has 0 aliphatic carbocycles. The van der Waals surface area contributed by atoms with Gasteiger partial charge in [-0.15, -0.1) is 0 Å². The minimum absolute atomic E-state index is 0.00518. The molecule has 33 heavy (non-hydrogen) atoms. The van der Waals surface area contributed by atoms with Gasteiger partial charge in [0.15, 0.2) is 0 Å². The Morgan fingerprint density at radius 2 is 1.45 bits per heavy atom. The van der Waals surface area contributed by atoms with Crippen LogP contribution in [0.2, 0.25) is 0 Å². The lowest BCUT2D eigenvalue weighted by Crippen LogP contribution is -2.58. The second-order valence-corrected chi connectivity index (χ2v) is 8.36. The molecule has 4 atom stereocenters. The van der Waals surface area contributed by atoms with Gasteiger partial charge in [0.1, 0.15) is 23.9 Å². The maximum absolute atomic E-state index is 12.8. The Kier molecular flexibility index (Phi) is 11.7. The standard InChI is InChI=1S/C21H32N4O7S/c1-11(2)7-14(22)18(28)25-17(10-33)20(30)23-15(8-12-3-5-13(27)6-4-12)19(29)24-16(9-26)21(31)32/h3-6,11,14-17,26-27,33H,7-10,22H2,1-2H3,(H,23,30)(H,24,29)(H,25,28)(H,31,32). The Morgan fingerprint density at radius 1 is 0.939 bits per heavy atom. The van der Waals surface area contributed by atoms with E-state index in [1.807, 2.05) is 13.8 Å². The number of aliphatic carboxylic acids is 1. The Labute approximate surface area is 197 Å². The van der Waals surface area contributed by atoms with Gasteiger partial charge in [-0.25, -0.2) is 4.79 Å². The average molecular weight is 485 g/mol. The molecule has 0 aliphatic rings. The summed E-state index contributed by atoms with van der Waals surface area (Å²) < 4.78 is 0. The number of aliphatic hydroxyl groups excluding tert-OH is 1. The molecule has 1 rings (SSSR count). The number of carboxylic acid groups (broad SMARTS) is 1. The Balaban J connectivity index is 2.99. The fourth-order valence-electron chi connectivity index (χ4n) is 2.89. The summed E-state index contributed by atoms with van der Waals surface area (Å²) in [6.45, 7) is 2.96. The van der Waals surface area contributed by atoms with E-state index in [0.29, 0.717) is 12.0 Å². The third kappa shape index (κ3) is 9.68. The Hall–Kier alpha value is -2.83. The van der Waals surface area contributed by atoms with E-state index in [1.165, 1.54) is 24.3 Å². The Morgan fingerprint density at radius 3 is 1.94 bits per heavy atom. The molecular formula is C21H32N4O7S. The van der Waals surface area contributed by atoms with Crippen molar-refractivity contribution >= 4 is 36.3 Å². The molecule has 0 bridgehead atoms. The minimum Gasteiger partial charge on any atom is -0.508 e. The molecule has 0 fully saturated rings. The SMILES string of the molecule is CC(C)CC(N)C(=O)NC(CS)C(=O)NC(Cc1ccc(O)cc1)C(=O)NC(CO)C(=O)O. The van der Waals surface area contributed by atoms with Crippen LogP contribution in [0.1, 0.15) is 25.8 Å². The molecule has 1 aromatic carbocycles. The number of thiol groups is 1. The molecule has 184 valence electrons. The fraction of sp³-hybridized carbons (Fsp3) is 0.524. The number of carbonyl (C=O) groups excluding carboxylic acids is 3. The van der Waals surface area contributed by atoms with Crippen LogP contribution < -0.4 is 21.7 Å². The molecular weight excluding hydrogens is 452 g/mol. The van der Waals surface area contributed by atoms with E-state index in [9.17, 15) is 29.4 Å². The molecule has 0 radical (unpaired) electrons. The first-order valence-electron chi connectivity index (χ1n) is 10.4. The van der Waals surface area contributed by atoms with E-state index in [1.54, 1.807) is 0 Å². The molecule has 0 saturated carbocycles. The van der Waals surface area contributed by atoms with Gasteiger partial charge in [-0.2, -0.15) is 12.6 Å². The summed E-state index contributed by atoms with van der Waals surface area (Å²) in [6, 6.07) is 1.14. The zero-order chi connectivity index (χ0) is 25.1. The number of hydrogen-bond donors (Lipinski definition) is 8. The van der Waals surface area contributed by atoms with E-state index in [0.717, 1.165) is 0 Å². The maximum atomic E-state index is 12.8. The van der Waals surface area contributed by atoms with Gasteiger partial charge in [-0.3, -0.25) is 14.4 Å². The number of aromatic hydroxyl groups is 1. The molecule has 0 aliphatic heterocycles. The molecule has 11 nitrogen and oxygen atoms in total. The summed E-state index contributed by atoms with van der Waals surface area (Å²) in [6.07, 6.45) is 0.367. The number of benzene rings is 1. The van der Waals surface area contributed by atoms with Crippen molar-refractivity contribution in [2.75, 3.05) is 12.4 Å². The van der Waals surface area contributed by atoms with Gasteiger partial charge in [-0.1, -0.05) is 26.0 Å². The van der Waals surface area contributed by atoms with Gasteiger partial charge in [0.2, 0.25) is 17.7 Å².